The van der Waals surface area contributed by atoms with E-state index in [-0.39, 0.29) is 5.91 Å². The van der Waals surface area contributed by atoms with Crippen molar-refractivity contribution < 1.29 is 14.3 Å². The zero-order valence-electron chi connectivity index (χ0n) is 16.5. The number of anilines is 2. The molecular formula is C21H20ClN5O3. The molecule has 30 heavy (non-hydrogen) atoms. The van der Waals surface area contributed by atoms with E-state index in [0.29, 0.717) is 29.4 Å². The van der Waals surface area contributed by atoms with E-state index in [1.807, 2.05) is 36.4 Å². The minimum absolute atomic E-state index is 0.00694. The molecule has 0 saturated heterocycles. The number of hydrogen-bond acceptors (Lipinski definition) is 5. The van der Waals surface area contributed by atoms with Crippen molar-refractivity contribution in [1.82, 2.24) is 15.0 Å². The van der Waals surface area contributed by atoms with Crippen LogP contribution >= 0.6 is 11.6 Å². The molecule has 1 aliphatic heterocycles. The smallest absolute Gasteiger partial charge is 0.413 e. The zero-order chi connectivity index (χ0) is 21.3. The molecule has 0 radical (unpaired) electrons. The van der Waals surface area contributed by atoms with Crippen molar-refractivity contribution >= 4 is 35.1 Å². The SMILES string of the molecule is C[C@@H](OC(=O)Nc1c(-c2ccc3c(c2)CCC(=O)N3)nnn1C)c1ccccc1Cl. The highest BCUT2D eigenvalue weighted by Gasteiger charge is 2.21. The molecule has 0 unspecified atom stereocenters. The first-order valence-electron chi connectivity index (χ1n) is 9.47. The molecule has 8 nitrogen and oxygen atoms in total. The lowest BCUT2D eigenvalue weighted by Crippen LogP contribution is -2.19. The van der Waals surface area contributed by atoms with Crippen LogP contribution in [-0.2, 0) is 23.0 Å². The van der Waals surface area contributed by atoms with E-state index in [1.54, 1.807) is 20.0 Å². The monoisotopic (exact) mass is 425 g/mol. The second-order valence-electron chi connectivity index (χ2n) is 7.02. The van der Waals surface area contributed by atoms with Crippen molar-refractivity contribution in [3.8, 4) is 11.3 Å². The number of carbonyl (C=O) groups is 2. The fraction of sp³-hybridized carbons (Fsp3) is 0.238. The standard InChI is InChI=1S/C21H20ClN5O3/c1-12(15-5-3-4-6-16(15)22)30-21(29)24-20-19(25-26-27(20)2)14-7-9-17-13(11-14)8-10-18(28)23-17/h3-7,9,11-12H,8,10H2,1-2H3,(H,23,28)(H,24,29)/t12-/m1/s1. The van der Waals surface area contributed by atoms with Gasteiger partial charge >= 0.3 is 6.09 Å². The molecule has 0 aliphatic carbocycles. The molecule has 4 rings (SSSR count). The van der Waals surface area contributed by atoms with E-state index < -0.39 is 12.2 Å². The van der Waals surface area contributed by atoms with Crippen LogP contribution in [0.15, 0.2) is 42.5 Å². The number of carbonyl (C=O) groups excluding carboxylic acids is 2. The van der Waals surface area contributed by atoms with Crippen molar-refractivity contribution in [1.29, 1.82) is 0 Å². The van der Waals surface area contributed by atoms with Gasteiger partial charge in [-0.3, -0.25) is 10.1 Å². The number of benzene rings is 2. The third-order valence-corrected chi connectivity index (χ3v) is 5.29. The van der Waals surface area contributed by atoms with Gasteiger partial charge in [-0.05, 0) is 37.1 Å². The summed E-state index contributed by atoms with van der Waals surface area (Å²) < 4.78 is 6.96. The zero-order valence-corrected chi connectivity index (χ0v) is 17.2. The average Bonchev–Trinajstić information content (AvgIpc) is 3.08. The van der Waals surface area contributed by atoms with Gasteiger partial charge in [0.2, 0.25) is 5.91 Å². The van der Waals surface area contributed by atoms with Gasteiger partial charge in [-0.15, -0.1) is 5.10 Å². The van der Waals surface area contributed by atoms with Crippen LogP contribution in [0.3, 0.4) is 0 Å². The van der Waals surface area contributed by atoms with E-state index in [0.717, 1.165) is 22.4 Å². The van der Waals surface area contributed by atoms with Crippen LogP contribution in [0.2, 0.25) is 5.02 Å². The molecule has 2 aromatic carbocycles. The number of hydrogen-bond donors (Lipinski definition) is 2. The number of ether oxygens (including phenoxy) is 1. The van der Waals surface area contributed by atoms with Crippen molar-refractivity contribution in [2.45, 2.75) is 25.9 Å². The van der Waals surface area contributed by atoms with Gasteiger partial charge in [-0.2, -0.15) is 0 Å². The summed E-state index contributed by atoms with van der Waals surface area (Å²) >= 11 is 6.18. The Balaban J connectivity index is 1.54. The summed E-state index contributed by atoms with van der Waals surface area (Å²) in [6, 6.07) is 12.8. The third-order valence-electron chi connectivity index (χ3n) is 4.95. The Hall–Kier alpha value is -3.39. The van der Waals surface area contributed by atoms with Gasteiger partial charge in [0, 0.05) is 35.3 Å². The van der Waals surface area contributed by atoms with Gasteiger partial charge in [0.25, 0.3) is 0 Å². The molecule has 2 N–H and O–H groups in total. The molecule has 2 amide bonds. The van der Waals surface area contributed by atoms with Crippen LogP contribution in [0, 0.1) is 0 Å². The summed E-state index contributed by atoms with van der Waals surface area (Å²) in [5.41, 5.74) is 3.82. The minimum Gasteiger partial charge on any atom is -0.441 e. The lowest BCUT2D eigenvalue weighted by Gasteiger charge is -2.18. The summed E-state index contributed by atoms with van der Waals surface area (Å²) in [6.45, 7) is 1.75. The first-order chi connectivity index (χ1) is 14.4. The summed E-state index contributed by atoms with van der Waals surface area (Å²) in [5, 5.41) is 14.3. The van der Waals surface area contributed by atoms with E-state index in [2.05, 4.69) is 20.9 Å². The Labute approximate surface area is 178 Å². The van der Waals surface area contributed by atoms with Gasteiger partial charge in [0.1, 0.15) is 11.8 Å². The number of amides is 2. The summed E-state index contributed by atoms with van der Waals surface area (Å²) in [7, 11) is 1.68. The molecule has 1 atom stereocenters. The molecule has 154 valence electrons. The first kappa shape index (κ1) is 19.9. The molecule has 2 heterocycles. The maximum absolute atomic E-state index is 12.5. The Morgan fingerprint density at radius 1 is 1.27 bits per heavy atom. The quantitative estimate of drug-likeness (QED) is 0.648. The van der Waals surface area contributed by atoms with E-state index >= 15 is 0 Å². The maximum Gasteiger partial charge on any atom is 0.413 e. The lowest BCUT2D eigenvalue weighted by molar-refractivity contribution is -0.116. The molecular weight excluding hydrogens is 406 g/mol. The van der Waals surface area contributed by atoms with Crippen molar-refractivity contribution in [3.05, 3.63) is 58.6 Å². The van der Waals surface area contributed by atoms with E-state index in [4.69, 9.17) is 16.3 Å². The van der Waals surface area contributed by atoms with Crippen LogP contribution < -0.4 is 10.6 Å². The number of rotatable bonds is 4. The highest BCUT2D eigenvalue weighted by atomic mass is 35.5. The summed E-state index contributed by atoms with van der Waals surface area (Å²) in [4.78, 5) is 24.1. The van der Waals surface area contributed by atoms with Crippen LogP contribution in [0.5, 0.6) is 0 Å². The Morgan fingerprint density at radius 3 is 2.87 bits per heavy atom. The Kier molecular flexibility index (Phi) is 5.41. The van der Waals surface area contributed by atoms with Crippen LogP contribution in [0.25, 0.3) is 11.3 Å². The first-order valence-corrected chi connectivity index (χ1v) is 9.85. The molecule has 0 fully saturated rings. The number of fused-ring (bicyclic) bond motifs is 1. The second kappa shape index (κ2) is 8.16. The normalized spacial score (nSPS) is 13.9. The number of halogens is 1. The minimum atomic E-state index is -0.640. The molecule has 9 heteroatoms. The van der Waals surface area contributed by atoms with Gasteiger partial charge in [0.05, 0.1) is 0 Å². The molecule has 3 aromatic rings. The van der Waals surface area contributed by atoms with E-state index in [1.165, 1.54) is 4.68 Å². The van der Waals surface area contributed by atoms with Crippen LogP contribution in [-0.4, -0.2) is 27.0 Å². The molecule has 0 spiro atoms. The summed E-state index contributed by atoms with van der Waals surface area (Å²) in [6.07, 6.45) is -0.0843. The number of aryl methyl sites for hydroxylation is 2. The van der Waals surface area contributed by atoms with Gasteiger partial charge < -0.3 is 10.1 Å². The van der Waals surface area contributed by atoms with Crippen molar-refractivity contribution in [2.75, 3.05) is 10.6 Å². The topological polar surface area (TPSA) is 98.1 Å². The lowest BCUT2D eigenvalue weighted by atomic mass is 9.99. The highest BCUT2D eigenvalue weighted by Crippen LogP contribution is 2.31. The Morgan fingerprint density at radius 2 is 2.07 bits per heavy atom. The fourth-order valence-electron chi connectivity index (χ4n) is 3.38. The largest absolute Gasteiger partial charge is 0.441 e. The summed E-state index contributed by atoms with van der Waals surface area (Å²) in [5.74, 6) is 0.415. The van der Waals surface area contributed by atoms with Gasteiger partial charge in [-0.1, -0.05) is 41.1 Å². The predicted octanol–water partition coefficient (Wildman–Crippen LogP) is 4.33. The number of aromatic nitrogens is 3. The van der Waals surface area contributed by atoms with Crippen LogP contribution in [0.1, 0.15) is 30.6 Å². The molecule has 1 aromatic heterocycles. The third kappa shape index (κ3) is 3.99. The molecule has 0 bridgehead atoms. The maximum atomic E-state index is 12.5. The van der Waals surface area contributed by atoms with Crippen molar-refractivity contribution in [2.24, 2.45) is 7.05 Å². The Bertz CT molecular complexity index is 1130. The number of nitrogens with one attached hydrogen (secondary N) is 2. The molecule has 1 aliphatic rings. The van der Waals surface area contributed by atoms with Gasteiger partial charge in [-0.25, -0.2) is 9.48 Å². The highest BCUT2D eigenvalue weighted by molar-refractivity contribution is 6.31. The number of nitrogens with zero attached hydrogens (tertiary/aromatic N) is 3. The second-order valence-corrected chi connectivity index (χ2v) is 7.43. The van der Waals surface area contributed by atoms with Gasteiger partial charge in [0.15, 0.2) is 5.82 Å². The fourth-order valence-corrected chi connectivity index (χ4v) is 3.67. The van der Waals surface area contributed by atoms with E-state index in [9.17, 15) is 9.59 Å². The van der Waals surface area contributed by atoms with Crippen LogP contribution in [0.4, 0.5) is 16.3 Å². The van der Waals surface area contributed by atoms with Crippen molar-refractivity contribution in [3.63, 3.8) is 0 Å². The average molecular weight is 426 g/mol. The molecule has 0 saturated carbocycles. The predicted molar refractivity (Wildman–Crippen MR) is 113 cm³/mol.